The van der Waals surface area contributed by atoms with Gasteiger partial charge in [0.2, 0.25) is 5.72 Å². The third kappa shape index (κ3) is 5.62. The highest BCUT2D eigenvalue weighted by atomic mass is 16.8. The summed E-state index contributed by atoms with van der Waals surface area (Å²) < 4.78 is 20.9. The number of nitrogens with two attached hydrogens (primary N) is 1. The minimum Gasteiger partial charge on any atom is -0.382 e. The van der Waals surface area contributed by atoms with E-state index in [2.05, 4.69) is 75.5 Å². The maximum absolute atomic E-state index is 12.4. The molecule has 3 atom stereocenters. The Balaban J connectivity index is 1.14. The number of urea groups is 1. The van der Waals surface area contributed by atoms with Crippen LogP contribution in [0.15, 0.2) is 36.9 Å². The normalized spacial score (nSPS) is 24.0. The predicted octanol–water partition coefficient (Wildman–Crippen LogP) is 2.34. The molecule has 5 rings (SSSR count). The lowest BCUT2D eigenvalue weighted by molar-refractivity contribution is -0.205. The zero-order valence-electron chi connectivity index (χ0n) is 24.1. The second-order valence-electron chi connectivity index (χ2n) is 12.1. The van der Waals surface area contributed by atoms with Crippen LogP contribution in [0, 0.1) is 0 Å². The molecule has 2 aliphatic rings. The van der Waals surface area contributed by atoms with Gasteiger partial charge >= 0.3 is 6.03 Å². The van der Waals surface area contributed by atoms with Gasteiger partial charge in [0.15, 0.2) is 17.3 Å². The summed E-state index contributed by atoms with van der Waals surface area (Å²) in [5.74, 6) is -0.521. The molecule has 2 amide bonds. The van der Waals surface area contributed by atoms with Crippen molar-refractivity contribution in [3.8, 4) is 0 Å². The fraction of sp³-hybridized carbons (Fsp3) is 0.571. The van der Waals surface area contributed by atoms with Gasteiger partial charge in [-0.25, -0.2) is 19.7 Å². The molecule has 0 saturated carbocycles. The molecule has 1 aromatic carbocycles. The van der Waals surface area contributed by atoms with Crippen molar-refractivity contribution in [2.24, 2.45) is 0 Å². The lowest BCUT2D eigenvalue weighted by Crippen LogP contribution is -2.47. The van der Waals surface area contributed by atoms with E-state index >= 15 is 0 Å². The Bertz CT molecular complexity index is 1350. The Kier molecular flexibility index (Phi) is 7.47. The summed E-state index contributed by atoms with van der Waals surface area (Å²) in [5.41, 5.74) is 8.58. The van der Waals surface area contributed by atoms with Crippen LogP contribution in [0.4, 0.5) is 10.6 Å². The smallest absolute Gasteiger partial charge is 0.315 e. The molecule has 3 aromatic rings. The minimum absolute atomic E-state index is 0.102. The minimum atomic E-state index is -0.937. The highest BCUT2D eigenvalue weighted by Crippen LogP contribution is 2.47. The van der Waals surface area contributed by atoms with Crippen LogP contribution in [0.1, 0.15) is 45.7 Å². The van der Waals surface area contributed by atoms with Crippen molar-refractivity contribution in [3.05, 3.63) is 48.0 Å². The van der Waals surface area contributed by atoms with Crippen molar-refractivity contribution < 1.29 is 19.0 Å². The summed E-state index contributed by atoms with van der Waals surface area (Å²) in [6.45, 7) is 12.8. The Morgan fingerprint density at radius 3 is 2.65 bits per heavy atom. The number of carbonyl (C=O) groups excluding carboxylic acids is 1. The van der Waals surface area contributed by atoms with Gasteiger partial charge < -0.3 is 35.5 Å². The molecule has 2 aromatic heterocycles. The van der Waals surface area contributed by atoms with E-state index in [9.17, 15) is 4.79 Å². The number of benzene rings is 1. The third-order valence-corrected chi connectivity index (χ3v) is 7.43. The molecule has 2 fully saturated rings. The average molecular weight is 553 g/mol. The van der Waals surface area contributed by atoms with Crippen LogP contribution in [-0.2, 0) is 31.9 Å². The third-order valence-electron chi connectivity index (χ3n) is 7.43. The number of likely N-dealkylation sites (N-methyl/N-ethyl adjacent to an activating group) is 1. The Morgan fingerprint density at radius 2 is 1.93 bits per heavy atom. The SMILES string of the molecule is CN(CCNC(=O)NCc1ccc(C(C)(C)C)cc1)CC1OCC2(n3cnc4c(N)ncnc43)OC(C)(C)OC12. The summed E-state index contributed by atoms with van der Waals surface area (Å²) in [6.07, 6.45) is 2.40. The highest BCUT2D eigenvalue weighted by molar-refractivity contribution is 5.81. The van der Waals surface area contributed by atoms with Gasteiger partial charge in [-0.3, -0.25) is 4.57 Å². The van der Waals surface area contributed by atoms with Crippen molar-refractivity contribution in [2.75, 3.05) is 39.0 Å². The van der Waals surface area contributed by atoms with Crippen LogP contribution in [0.5, 0.6) is 0 Å². The number of nitrogen functional groups attached to an aromatic ring is 1. The summed E-state index contributed by atoms with van der Waals surface area (Å²) in [5, 5.41) is 5.86. The lowest BCUT2D eigenvalue weighted by atomic mass is 9.87. The quantitative estimate of drug-likeness (QED) is 0.384. The zero-order chi connectivity index (χ0) is 28.7. The lowest BCUT2D eigenvalue weighted by Gasteiger charge is -2.29. The number of nitrogens with one attached hydrogen (secondary N) is 2. The van der Waals surface area contributed by atoms with Crippen molar-refractivity contribution in [2.45, 2.75) is 70.3 Å². The van der Waals surface area contributed by atoms with Crippen molar-refractivity contribution in [3.63, 3.8) is 0 Å². The summed E-state index contributed by atoms with van der Waals surface area (Å²) in [6, 6.07) is 8.14. The maximum Gasteiger partial charge on any atom is 0.315 e. The number of anilines is 1. The maximum atomic E-state index is 12.4. The number of fused-ring (bicyclic) bond motifs is 2. The number of aromatic nitrogens is 4. The molecule has 216 valence electrons. The standard InChI is InChI=1S/C28H40N8O4/c1-26(2,3)19-9-7-18(8-10-19)13-31-25(37)30-11-12-35(6)14-20-22-28(15-38-20,40-27(4,5)39-22)36-17-34-21-23(29)32-16-33-24(21)36/h7-10,16-17,20,22H,11-15H2,1-6H3,(H2,29,32,33)(H2,30,31,37). The van der Waals surface area contributed by atoms with Gasteiger partial charge in [0.05, 0.1) is 12.9 Å². The second kappa shape index (κ2) is 10.6. The van der Waals surface area contributed by atoms with E-state index < -0.39 is 17.6 Å². The number of hydrogen-bond donors (Lipinski definition) is 3. The Hall–Kier alpha value is -3.32. The molecule has 0 spiro atoms. The van der Waals surface area contributed by atoms with Gasteiger partial charge in [-0.15, -0.1) is 0 Å². The highest BCUT2D eigenvalue weighted by Gasteiger charge is 2.63. The molecule has 12 heteroatoms. The van der Waals surface area contributed by atoms with E-state index in [4.69, 9.17) is 19.9 Å². The number of amides is 2. The number of carbonyl (C=O) groups is 1. The van der Waals surface area contributed by atoms with Crippen molar-refractivity contribution in [1.82, 2.24) is 35.1 Å². The van der Waals surface area contributed by atoms with Crippen molar-refractivity contribution in [1.29, 1.82) is 0 Å². The summed E-state index contributed by atoms with van der Waals surface area (Å²) in [7, 11) is 1.99. The first-order valence-electron chi connectivity index (χ1n) is 13.6. The average Bonchev–Trinajstić information content (AvgIpc) is 3.53. The molecule has 4 heterocycles. The van der Waals surface area contributed by atoms with Gasteiger partial charge in [0.1, 0.15) is 24.1 Å². The summed E-state index contributed by atoms with van der Waals surface area (Å²) in [4.78, 5) is 27.3. The monoisotopic (exact) mass is 552 g/mol. The van der Waals surface area contributed by atoms with E-state index in [1.807, 2.05) is 25.5 Å². The topological polar surface area (TPSA) is 142 Å². The number of rotatable bonds is 8. The van der Waals surface area contributed by atoms with E-state index in [0.29, 0.717) is 43.2 Å². The second-order valence-corrected chi connectivity index (χ2v) is 12.1. The van der Waals surface area contributed by atoms with Crippen LogP contribution < -0.4 is 16.4 Å². The molecular weight excluding hydrogens is 512 g/mol. The molecule has 2 saturated heterocycles. The molecule has 0 radical (unpaired) electrons. The zero-order valence-corrected chi connectivity index (χ0v) is 24.1. The first kappa shape index (κ1) is 28.2. The number of imidazole rings is 1. The van der Waals surface area contributed by atoms with Gasteiger partial charge in [0.25, 0.3) is 0 Å². The van der Waals surface area contributed by atoms with Crippen LogP contribution >= 0.6 is 0 Å². The molecule has 3 unspecified atom stereocenters. The van der Waals surface area contributed by atoms with Gasteiger partial charge in [-0.05, 0) is 37.4 Å². The van der Waals surface area contributed by atoms with Crippen LogP contribution in [0.3, 0.4) is 0 Å². The van der Waals surface area contributed by atoms with Crippen LogP contribution in [0.2, 0.25) is 0 Å². The molecule has 40 heavy (non-hydrogen) atoms. The number of nitrogens with zero attached hydrogens (tertiary/aromatic N) is 5. The largest absolute Gasteiger partial charge is 0.382 e. The van der Waals surface area contributed by atoms with Gasteiger partial charge in [-0.1, -0.05) is 45.0 Å². The number of hydrogen-bond acceptors (Lipinski definition) is 9. The molecule has 0 aliphatic carbocycles. The molecule has 4 N–H and O–H groups in total. The first-order chi connectivity index (χ1) is 18.9. The molecular formula is C28H40N8O4. The van der Waals surface area contributed by atoms with Gasteiger partial charge in [0, 0.05) is 26.2 Å². The fourth-order valence-corrected chi connectivity index (χ4v) is 5.36. The Morgan fingerprint density at radius 1 is 1.18 bits per heavy atom. The summed E-state index contributed by atoms with van der Waals surface area (Å²) >= 11 is 0. The van der Waals surface area contributed by atoms with Crippen molar-refractivity contribution >= 4 is 23.0 Å². The Labute approximate surface area is 234 Å². The molecule has 0 bridgehead atoms. The first-order valence-corrected chi connectivity index (χ1v) is 13.6. The van der Waals surface area contributed by atoms with E-state index in [-0.39, 0.29) is 24.2 Å². The predicted molar refractivity (Wildman–Crippen MR) is 150 cm³/mol. The van der Waals surface area contributed by atoms with E-state index in [1.165, 1.54) is 11.9 Å². The van der Waals surface area contributed by atoms with Crippen LogP contribution in [-0.4, -0.2) is 81.7 Å². The van der Waals surface area contributed by atoms with E-state index in [0.717, 1.165) is 5.56 Å². The molecule has 2 aliphatic heterocycles. The fourth-order valence-electron chi connectivity index (χ4n) is 5.36. The van der Waals surface area contributed by atoms with E-state index in [1.54, 1.807) is 6.33 Å². The van der Waals surface area contributed by atoms with Crippen LogP contribution in [0.25, 0.3) is 11.2 Å². The molecule has 12 nitrogen and oxygen atoms in total. The number of ether oxygens (including phenoxy) is 3. The van der Waals surface area contributed by atoms with Gasteiger partial charge in [-0.2, -0.15) is 0 Å².